The number of benzene rings is 1. The second-order valence-corrected chi connectivity index (χ2v) is 14.5. The number of rotatable bonds is 11. The van der Waals surface area contributed by atoms with Crippen molar-refractivity contribution in [1.82, 2.24) is 9.80 Å². The maximum absolute atomic E-state index is 12.8. The molecule has 0 bridgehead atoms. The van der Waals surface area contributed by atoms with Gasteiger partial charge in [0.25, 0.3) is 9.84 Å². The first-order valence-electron chi connectivity index (χ1n) is 15.8. The maximum Gasteiger partial charge on any atom is 0.501 e. The third kappa shape index (κ3) is 9.05. The summed E-state index contributed by atoms with van der Waals surface area (Å²) in [6.07, 6.45) is 14.7. The molecule has 0 aromatic heterocycles. The van der Waals surface area contributed by atoms with Gasteiger partial charge in [-0.15, -0.1) is 0 Å². The molecule has 0 radical (unpaired) electrons. The number of carbonyl (C=O) groups excluding carboxylic acids is 1. The van der Waals surface area contributed by atoms with Crippen LogP contribution in [0.5, 0.6) is 0 Å². The average Bonchev–Trinajstić information content (AvgIpc) is 3.49. The summed E-state index contributed by atoms with van der Waals surface area (Å²) >= 11 is 0. The molecule has 0 atom stereocenters. The third-order valence-corrected chi connectivity index (χ3v) is 10.3. The lowest BCUT2D eigenvalue weighted by atomic mass is 9.92. The first-order chi connectivity index (χ1) is 20.9. The first-order valence-corrected chi connectivity index (χ1v) is 17.3. The van der Waals surface area contributed by atoms with Crippen LogP contribution in [0.4, 0.5) is 18.9 Å². The molecule has 44 heavy (non-hydrogen) atoms. The van der Waals surface area contributed by atoms with Crippen molar-refractivity contribution in [2.45, 2.75) is 94.2 Å². The summed E-state index contributed by atoms with van der Waals surface area (Å²) in [5.41, 5.74) is -3.77. The molecule has 1 N–H and O–H groups in total. The quantitative estimate of drug-likeness (QED) is 0.207. The average molecular weight is 638 g/mol. The summed E-state index contributed by atoms with van der Waals surface area (Å²) < 4.78 is 68.2. The number of ether oxygens (including phenoxy) is 1. The highest BCUT2D eigenvalue weighted by Crippen LogP contribution is 2.32. The van der Waals surface area contributed by atoms with Gasteiger partial charge in [-0.25, -0.2) is 8.42 Å². The Morgan fingerprint density at radius 1 is 1.00 bits per heavy atom. The minimum Gasteiger partial charge on any atom is -0.491 e. The number of piperazine rings is 1. The number of hydrogen-bond acceptors (Lipinski definition) is 6. The minimum atomic E-state index is -5.36. The molecule has 1 aliphatic heterocycles. The topological polar surface area (TPSA) is 79.0 Å². The second-order valence-electron chi connectivity index (χ2n) is 12.5. The number of allylic oxidation sites excluding steroid dienone is 3. The number of sulfone groups is 1. The standard InChI is InChI=1S/C33H46F3N3O4S/c1-4-28(38-17-19-39(20-18-38)32(40)22-25-7-5-6-8-25)23-30(21-24(2)3)43-29-13-9-26(10-14-29)37-27-11-15-31(16-12-27)44(41,42)33(34,35)36/h4,11-12,15-16,21,23-26,29,37H,1,5-10,13-14,17-20,22H2,2-3H3/b28-23+,30-21+. The van der Waals surface area contributed by atoms with Crippen LogP contribution >= 0.6 is 0 Å². The number of alkyl halides is 3. The Bertz CT molecular complexity index is 1290. The van der Waals surface area contributed by atoms with E-state index in [9.17, 15) is 26.4 Å². The highest BCUT2D eigenvalue weighted by Gasteiger charge is 2.46. The van der Waals surface area contributed by atoms with Gasteiger partial charge in [-0.3, -0.25) is 4.79 Å². The van der Waals surface area contributed by atoms with E-state index in [1.165, 1.54) is 37.8 Å². The molecule has 244 valence electrons. The van der Waals surface area contributed by atoms with Gasteiger partial charge in [-0.1, -0.05) is 33.3 Å². The first kappa shape index (κ1) is 33.9. The lowest BCUT2D eigenvalue weighted by Crippen LogP contribution is -2.48. The maximum atomic E-state index is 12.8. The zero-order valence-corrected chi connectivity index (χ0v) is 26.6. The van der Waals surface area contributed by atoms with Gasteiger partial charge in [-0.05, 0) is 86.8 Å². The number of anilines is 1. The Hall–Kier alpha value is -2.95. The Balaban J connectivity index is 1.29. The van der Waals surface area contributed by atoms with Crippen molar-refractivity contribution >= 4 is 21.4 Å². The molecule has 4 rings (SSSR count). The van der Waals surface area contributed by atoms with Crippen LogP contribution in [0.15, 0.2) is 65.4 Å². The van der Waals surface area contributed by atoms with Crippen LogP contribution in [-0.4, -0.2) is 68.0 Å². The van der Waals surface area contributed by atoms with Crippen molar-refractivity contribution in [3.8, 4) is 0 Å². The van der Waals surface area contributed by atoms with Crippen molar-refractivity contribution in [3.05, 3.63) is 60.5 Å². The molecule has 3 fully saturated rings. The summed E-state index contributed by atoms with van der Waals surface area (Å²) in [5.74, 6) is 1.91. The molecule has 2 aliphatic carbocycles. The van der Waals surface area contributed by atoms with Gasteiger partial charge in [-0.2, -0.15) is 13.2 Å². The zero-order valence-electron chi connectivity index (χ0n) is 25.8. The van der Waals surface area contributed by atoms with Crippen LogP contribution in [0, 0.1) is 11.8 Å². The predicted octanol–water partition coefficient (Wildman–Crippen LogP) is 7.05. The molecule has 0 spiro atoms. The monoisotopic (exact) mass is 637 g/mol. The Morgan fingerprint density at radius 2 is 1.59 bits per heavy atom. The highest BCUT2D eigenvalue weighted by molar-refractivity contribution is 7.92. The van der Waals surface area contributed by atoms with Gasteiger partial charge < -0.3 is 19.9 Å². The molecular weight excluding hydrogens is 591 g/mol. The van der Waals surface area contributed by atoms with E-state index in [2.05, 4.69) is 36.7 Å². The summed E-state index contributed by atoms with van der Waals surface area (Å²) in [6.45, 7) is 11.2. The lowest BCUT2D eigenvalue weighted by molar-refractivity contribution is -0.133. The number of nitrogens with zero attached hydrogens (tertiary/aromatic N) is 2. The number of amides is 1. The molecule has 3 aliphatic rings. The number of nitrogens with one attached hydrogen (secondary N) is 1. The van der Waals surface area contributed by atoms with E-state index >= 15 is 0 Å². The highest BCUT2D eigenvalue weighted by atomic mass is 32.2. The third-order valence-electron chi connectivity index (χ3n) is 8.75. The van der Waals surface area contributed by atoms with Crippen LogP contribution in [0.2, 0.25) is 0 Å². The molecule has 11 heteroatoms. The molecule has 1 saturated heterocycles. The fraction of sp³-hybridized carbons (Fsp3) is 0.606. The van der Waals surface area contributed by atoms with Crippen molar-refractivity contribution in [2.24, 2.45) is 11.8 Å². The van der Waals surface area contributed by atoms with Crippen LogP contribution in [0.3, 0.4) is 0 Å². The van der Waals surface area contributed by atoms with E-state index in [1.54, 1.807) is 0 Å². The van der Waals surface area contributed by atoms with Crippen molar-refractivity contribution in [1.29, 1.82) is 0 Å². The Labute approximate surface area is 260 Å². The van der Waals surface area contributed by atoms with E-state index in [4.69, 9.17) is 4.74 Å². The van der Waals surface area contributed by atoms with Crippen molar-refractivity contribution in [3.63, 3.8) is 0 Å². The van der Waals surface area contributed by atoms with Gasteiger partial charge in [0.05, 0.1) is 11.0 Å². The van der Waals surface area contributed by atoms with Crippen LogP contribution in [-0.2, 0) is 19.4 Å². The van der Waals surface area contributed by atoms with E-state index < -0.39 is 20.2 Å². The number of hydrogen-bond donors (Lipinski definition) is 1. The smallest absolute Gasteiger partial charge is 0.491 e. The molecule has 0 unspecified atom stereocenters. The van der Waals surface area contributed by atoms with E-state index in [0.717, 1.165) is 62.4 Å². The predicted molar refractivity (Wildman–Crippen MR) is 166 cm³/mol. The largest absolute Gasteiger partial charge is 0.501 e. The molecule has 1 aromatic carbocycles. The molecule has 1 heterocycles. The summed E-state index contributed by atoms with van der Waals surface area (Å²) in [7, 11) is -5.36. The normalized spacial score (nSPS) is 22.8. The van der Waals surface area contributed by atoms with Gasteiger partial charge in [0.15, 0.2) is 0 Å². The van der Waals surface area contributed by atoms with Gasteiger partial charge in [0.2, 0.25) is 5.91 Å². The number of carbonyl (C=O) groups is 1. The zero-order chi connectivity index (χ0) is 31.9. The van der Waals surface area contributed by atoms with Crippen molar-refractivity contribution in [2.75, 3.05) is 31.5 Å². The van der Waals surface area contributed by atoms with E-state index in [1.807, 2.05) is 17.1 Å². The molecule has 1 aromatic rings. The fourth-order valence-corrected chi connectivity index (χ4v) is 7.06. The van der Waals surface area contributed by atoms with Crippen LogP contribution < -0.4 is 5.32 Å². The molecular formula is C33H46F3N3O4S. The fourth-order valence-electron chi connectivity index (χ4n) is 6.30. The van der Waals surface area contributed by atoms with E-state index in [-0.39, 0.29) is 24.0 Å². The van der Waals surface area contributed by atoms with Crippen molar-refractivity contribution < 1.29 is 31.1 Å². The van der Waals surface area contributed by atoms with Gasteiger partial charge in [0, 0.05) is 56.1 Å². The van der Waals surface area contributed by atoms with E-state index in [0.29, 0.717) is 31.1 Å². The van der Waals surface area contributed by atoms with Crippen LogP contribution in [0.25, 0.3) is 0 Å². The summed E-state index contributed by atoms with van der Waals surface area (Å²) in [4.78, 5) is 16.3. The number of halogens is 3. The SMILES string of the molecule is C=C/C(=C\C(=C/C(C)C)OC1CCC(Nc2ccc(S(=O)(=O)C(F)(F)F)cc2)CC1)N1CCN(C(=O)CC2CCCC2)CC1. The molecule has 2 saturated carbocycles. The lowest BCUT2D eigenvalue weighted by Gasteiger charge is -2.37. The Kier molecular flexibility index (Phi) is 11.5. The summed E-state index contributed by atoms with van der Waals surface area (Å²) in [5, 5.41) is 3.31. The van der Waals surface area contributed by atoms with Crippen LogP contribution in [0.1, 0.15) is 71.6 Å². The Morgan fingerprint density at radius 3 is 2.14 bits per heavy atom. The summed E-state index contributed by atoms with van der Waals surface area (Å²) in [6, 6.07) is 4.82. The molecule has 7 nitrogen and oxygen atoms in total. The minimum absolute atomic E-state index is 0.0183. The van der Waals surface area contributed by atoms with Gasteiger partial charge in [0.1, 0.15) is 5.76 Å². The molecule has 1 amide bonds. The second kappa shape index (κ2) is 14.9. The van der Waals surface area contributed by atoms with Gasteiger partial charge >= 0.3 is 5.51 Å².